The third-order valence-electron chi connectivity index (χ3n) is 5.02. The van der Waals surface area contributed by atoms with E-state index in [1.165, 1.54) is 0 Å². The van der Waals surface area contributed by atoms with E-state index in [1.807, 2.05) is 49.4 Å². The molecule has 31 heavy (non-hydrogen) atoms. The van der Waals surface area contributed by atoms with Crippen LogP contribution in [0.3, 0.4) is 0 Å². The summed E-state index contributed by atoms with van der Waals surface area (Å²) in [6, 6.07) is 23.7. The normalized spacial score (nSPS) is 10.7. The molecule has 4 aromatic rings. The third-order valence-corrected chi connectivity index (χ3v) is 5.35. The molecule has 6 heteroatoms. The zero-order chi connectivity index (χ0) is 22.0. The van der Waals surface area contributed by atoms with E-state index in [0.717, 1.165) is 5.56 Å². The van der Waals surface area contributed by atoms with Gasteiger partial charge in [-0.3, -0.25) is 9.59 Å². The number of nitrogens with zero attached hydrogens (tertiary/aromatic N) is 2. The average molecular weight is 430 g/mol. The number of hydrogen-bond donors (Lipinski definition) is 1. The highest BCUT2D eigenvalue weighted by molar-refractivity contribution is 6.33. The van der Waals surface area contributed by atoms with E-state index in [0.29, 0.717) is 33.1 Å². The molecule has 5 nitrogen and oxygen atoms in total. The smallest absolute Gasteiger partial charge is 0.257 e. The molecule has 1 heterocycles. The first-order valence-corrected chi connectivity index (χ1v) is 10.2. The van der Waals surface area contributed by atoms with Gasteiger partial charge in [-0.15, -0.1) is 0 Å². The molecule has 3 aromatic carbocycles. The van der Waals surface area contributed by atoms with Gasteiger partial charge in [0.05, 0.1) is 11.3 Å². The fourth-order valence-electron chi connectivity index (χ4n) is 3.43. The van der Waals surface area contributed by atoms with Crippen molar-refractivity contribution in [2.75, 3.05) is 5.32 Å². The molecular formula is C25H20ClN3O2. The van der Waals surface area contributed by atoms with Crippen LogP contribution in [0.5, 0.6) is 0 Å². The number of para-hydroxylation sites is 1. The van der Waals surface area contributed by atoms with E-state index < -0.39 is 0 Å². The van der Waals surface area contributed by atoms with Crippen LogP contribution in [-0.2, 0) is 0 Å². The van der Waals surface area contributed by atoms with Crippen molar-refractivity contribution < 1.29 is 4.79 Å². The third kappa shape index (κ3) is 4.00. The van der Waals surface area contributed by atoms with Gasteiger partial charge in [-0.1, -0.05) is 66.2 Å². The SMILES string of the molecule is Cc1ccccc1C(=O)Nc1c(-c2ccccc2Cl)c(=O)c(C)nn1-c1ccccc1. The Labute approximate surface area is 184 Å². The van der Waals surface area contributed by atoms with E-state index in [2.05, 4.69) is 10.4 Å². The van der Waals surface area contributed by atoms with Crippen molar-refractivity contribution in [2.45, 2.75) is 13.8 Å². The van der Waals surface area contributed by atoms with Gasteiger partial charge in [0, 0.05) is 16.1 Å². The van der Waals surface area contributed by atoms with Crippen LogP contribution in [0.2, 0.25) is 5.02 Å². The summed E-state index contributed by atoms with van der Waals surface area (Å²) in [7, 11) is 0. The number of aromatic nitrogens is 2. The van der Waals surface area contributed by atoms with E-state index >= 15 is 0 Å². The number of hydrogen-bond acceptors (Lipinski definition) is 3. The number of halogens is 1. The highest BCUT2D eigenvalue weighted by Gasteiger charge is 2.22. The lowest BCUT2D eigenvalue weighted by Gasteiger charge is -2.19. The number of benzene rings is 3. The van der Waals surface area contributed by atoms with Gasteiger partial charge < -0.3 is 5.32 Å². The number of anilines is 1. The number of amides is 1. The van der Waals surface area contributed by atoms with Crippen molar-refractivity contribution in [2.24, 2.45) is 0 Å². The van der Waals surface area contributed by atoms with Crippen molar-refractivity contribution in [1.82, 2.24) is 9.78 Å². The number of aryl methyl sites for hydroxylation is 2. The molecule has 0 aliphatic heterocycles. The number of carbonyl (C=O) groups excluding carboxylic acids is 1. The lowest BCUT2D eigenvalue weighted by molar-refractivity contribution is 0.102. The topological polar surface area (TPSA) is 64.0 Å². The van der Waals surface area contributed by atoms with Gasteiger partial charge >= 0.3 is 0 Å². The summed E-state index contributed by atoms with van der Waals surface area (Å²) in [6.07, 6.45) is 0. The van der Waals surface area contributed by atoms with Crippen LogP contribution in [0.4, 0.5) is 5.82 Å². The maximum Gasteiger partial charge on any atom is 0.257 e. The van der Waals surface area contributed by atoms with Crippen molar-refractivity contribution in [1.29, 1.82) is 0 Å². The molecule has 154 valence electrons. The summed E-state index contributed by atoms with van der Waals surface area (Å²) in [5.74, 6) is -0.0655. The summed E-state index contributed by atoms with van der Waals surface area (Å²) < 4.78 is 1.57. The highest BCUT2D eigenvalue weighted by atomic mass is 35.5. The minimum Gasteiger partial charge on any atom is -0.306 e. The largest absolute Gasteiger partial charge is 0.306 e. The molecular weight excluding hydrogens is 410 g/mol. The fourth-order valence-corrected chi connectivity index (χ4v) is 3.66. The number of carbonyl (C=O) groups is 1. The van der Waals surface area contributed by atoms with Crippen LogP contribution in [0.15, 0.2) is 83.7 Å². The van der Waals surface area contributed by atoms with Crippen LogP contribution in [-0.4, -0.2) is 15.7 Å². The Kier molecular flexibility index (Phi) is 5.69. The van der Waals surface area contributed by atoms with E-state index in [1.54, 1.807) is 48.0 Å². The Balaban J connectivity index is 2.00. The minimum atomic E-state index is -0.332. The zero-order valence-corrected chi connectivity index (χ0v) is 17.9. The number of nitrogens with one attached hydrogen (secondary N) is 1. The molecule has 0 aliphatic rings. The maximum atomic E-state index is 13.2. The van der Waals surface area contributed by atoms with Crippen LogP contribution < -0.4 is 10.7 Å². The van der Waals surface area contributed by atoms with Crippen LogP contribution in [0, 0.1) is 13.8 Å². The predicted molar refractivity (Wildman–Crippen MR) is 124 cm³/mol. The van der Waals surface area contributed by atoms with Crippen LogP contribution in [0.25, 0.3) is 16.8 Å². The van der Waals surface area contributed by atoms with Crippen molar-refractivity contribution in [3.8, 4) is 16.8 Å². The Morgan fingerprint density at radius 2 is 1.55 bits per heavy atom. The molecule has 0 radical (unpaired) electrons. The second-order valence-electron chi connectivity index (χ2n) is 7.13. The van der Waals surface area contributed by atoms with Gasteiger partial charge in [-0.25, -0.2) is 4.68 Å². The summed E-state index contributed by atoms with van der Waals surface area (Å²) in [5.41, 5.74) is 2.88. The molecule has 0 aliphatic carbocycles. The van der Waals surface area contributed by atoms with Gasteiger partial charge in [-0.05, 0) is 43.7 Å². The standard InChI is InChI=1S/C25H20ClN3O2/c1-16-10-6-7-13-19(16)25(31)27-24-22(20-14-8-9-15-21(20)26)23(30)17(2)28-29(24)18-11-4-3-5-12-18/h3-15H,1-2H3,(H,27,31). The Morgan fingerprint density at radius 1 is 0.903 bits per heavy atom. The fraction of sp³-hybridized carbons (Fsp3) is 0.0800. The maximum absolute atomic E-state index is 13.2. The van der Waals surface area contributed by atoms with Gasteiger partial charge in [0.2, 0.25) is 5.43 Å². The molecule has 0 saturated carbocycles. The van der Waals surface area contributed by atoms with Crippen LogP contribution in [0.1, 0.15) is 21.6 Å². The molecule has 4 rings (SSSR count). The predicted octanol–water partition coefficient (Wildman–Crippen LogP) is 5.42. The van der Waals surface area contributed by atoms with Crippen molar-refractivity contribution in [3.63, 3.8) is 0 Å². The van der Waals surface area contributed by atoms with E-state index in [9.17, 15) is 9.59 Å². The Hall–Kier alpha value is -3.70. The van der Waals surface area contributed by atoms with Crippen molar-refractivity contribution in [3.05, 3.63) is 111 Å². The second kappa shape index (κ2) is 8.58. The quantitative estimate of drug-likeness (QED) is 0.471. The first-order chi connectivity index (χ1) is 15.0. The Morgan fingerprint density at radius 3 is 2.26 bits per heavy atom. The summed E-state index contributed by atoms with van der Waals surface area (Å²) in [6.45, 7) is 3.51. The average Bonchev–Trinajstić information content (AvgIpc) is 2.78. The highest BCUT2D eigenvalue weighted by Crippen LogP contribution is 2.32. The Bertz CT molecular complexity index is 1330. The molecule has 1 N–H and O–H groups in total. The molecule has 1 aromatic heterocycles. The lowest BCUT2D eigenvalue weighted by atomic mass is 10.0. The molecule has 1 amide bonds. The molecule has 0 spiro atoms. The molecule has 0 fully saturated rings. The first kappa shape index (κ1) is 20.6. The summed E-state index contributed by atoms with van der Waals surface area (Å²) in [5, 5.41) is 7.82. The number of rotatable bonds is 4. The van der Waals surface area contributed by atoms with E-state index in [-0.39, 0.29) is 17.2 Å². The summed E-state index contributed by atoms with van der Waals surface area (Å²) >= 11 is 6.45. The molecule has 0 atom stereocenters. The zero-order valence-electron chi connectivity index (χ0n) is 17.1. The second-order valence-corrected chi connectivity index (χ2v) is 7.54. The lowest BCUT2D eigenvalue weighted by Crippen LogP contribution is -2.25. The van der Waals surface area contributed by atoms with Crippen LogP contribution >= 0.6 is 11.6 Å². The van der Waals surface area contributed by atoms with Gasteiger partial charge in [0.1, 0.15) is 11.5 Å². The van der Waals surface area contributed by atoms with Gasteiger partial charge in [-0.2, -0.15) is 5.10 Å². The minimum absolute atomic E-state index is 0.267. The van der Waals surface area contributed by atoms with Gasteiger partial charge in [0.25, 0.3) is 5.91 Å². The summed E-state index contributed by atoms with van der Waals surface area (Å²) in [4.78, 5) is 26.4. The molecule has 0 saturated heterocycles. The monoisotopic (exact) mass is 429 g/mol. The molecule has 0 unspecified atom stereocenters. The van der Waals surface area contributed by atoms with E-state index in [4.69, 9.17) is 11.6 Å². The van der Waals surface area contributed by atoms with Crippen molar-refractivity contribution >= 4 is 23.3 Å². The first-order valence-electron chi connectivity index (χ1n) is 9.78. The van der Waals surface area contributed by atoms with Gasteiger partial charge in [0.15, 0.2) is 0 Å². The molecule has 0 bridgehead atoms.